The highest BCUT2D eigenvalue weighted by Crippen LogP contribution is 2.36. The van der Waals surface area contributed by atoms with Crippen LogP contribution in [0.2, 0.25) is 0 Å². The van der Waals surface area contributed by atoms with Crippen molar-refractivity contribution < 1.29 is 9.53 Å². The molecule has 1 rings (SSSR count). The minimum atomic E-state index is -0.641. The van der Waals surface area contributed by atoms with Crippen molar-refractivity contribution in [2.24, 2.45) is 0 Å². The SMILES string of the molecule is CC(Oc1ccc(C(C)(C)C)cc1C(C)(C)C)C(=O)Cl. The van der Waals surface area contributed by atoms with Gasteiger partial charge in [0.15, 0.2) is 6.10 Å². The Morgan fingerprint density at radius 2 is 1.65 bits per heavy atom. The minimum Gasteiger partial charge on any atom is -0.481 e. The van der Waals surface area contributed by atoms with Crippen molar-refractivity contribution in [1.82, 2.24) is 0 Å². The maximum Gasteiger partial charge on any atom is 0.262 e. The summed E-state index contributed by atoms with van der Waals surface area (Å²) in [5, 5.41) is -0.482. The van der Waals surface area contributed by atoms with E-state index in [4.69, 9.17) is 16.3 Å². The topological polar surface area (TPSA) is 26.3 Å². The van der Waals surface area contributed by atoms with Gasteiger partial charge in [-0.2, -0.15) is 0 Å². The van der Waals surface area contributed by atoms with Gasteiger partial charge in [-0.15, -0.1) is 0 Å². The quantitative estimate of drug-likeness (QED) is 0.748. The molecule has 0 aromatic heterocycles. The second-order valence-electron chi connectivity index (χ2n) is 7.28. The molecule has 0 N–H and O–H groups in total. The van der Waals surface area contributed by atoms with Crippen LogP contribution < -0.4 is 4.74 Å². The Morgan fingerprint density at radius 1 is 1.10 bits per heavy atom. The van der Waals surface area contributed by atoms with E-state index in [1.165, 1.54) is 5.56 Å². The molecule has 2 nitrogen and oxygen atoms in total. The monoisotopic (exact) mass is 296 g/mol. The van der Waals surface area contributed by atoms with Gasteiger partial charge in [0, 0.05) is 0 Å². The molecule has 0 saturated carbocycles. The van der Waals surface area contributed by atoms with Crippen molar-refractivity contribution in [3.05, 3.63) is 29.3 Å². The van der Waals surface area contributed by atoms with Gasteiger partial charge in [-0.05, 0) is 46.5 Å². The summed E-state index contributed by atoms with van der Waals surface area (Å²) in [5.41, 5.74) is 2.35. The van der Waals surface area contributed by atoms with Gasteiger partial charge in [-0.3, -0.25) is 4.79 Å². The van der Waals surface area contributed by atoms with Crippen molar-refractivity contribution in [1.29, 1.82) is 0 Å². The largest absolute Gasteiger partial charge is 0.481 e. The predicted molar refractivity (Wildman–Crippen MR) is 84.8 cm³/mol. The van der Waals surface area contributed by atoms with E-state index in [-0.39, 0.29) is 10.8 Å². The molecule has 0 spiro atoms. The first-order valence-electron chi connectivity index (χ1n) is 6.94. The molecule has 0 aliphatic heterocycles. The summed E-state index contributed by atoms with van der Waals surface area (Å²) >= 11 is 5.48. The number of hydrogen-bond acceptors (Lipinski definition) is 2. The Bertz CT molecular complexity index is 493. The van der Waals surface area contributed by atoms with E-state index in [1.807, 2.05) is 6.07 Å². The smallest absolute Gasteiger partial charge is 0.262 e. The molecule has 3 heteroatoms. The third-order valence-electron chi connectivity index (χ3n) is 3.28. The Balaban J connectivity index is 3.28. The lowest BCUT2D eigenvalue weighted by molar-refractivity contribution is -0.117. The van der Waals surface area contributed by atoms with Gasteiger partial charge < -0.3 is 4.74 Å². The molecule has 1 aromatic rings. The molecule has 0 saturated heterocycles. The summed E-state index contributed by atoms with van der Waals surface area (Å²) in [6.07, 6.45) is -0.641. The number of hydrogen-bond donors (Lipinski definition) is 0. The number of benzene rings is 1. The molecule has 0 aliphatic carbocycles. The Labute approximate surface area is 127 Å². The fourth-order valence-corrected chi connectivity index (χ4v) is 1.97. The van der Waals surface area contributed by atoms with E-state index in [9.17, 15) is 4.79 Å². The highest BCUT2D eigenvalue weighted by molar-refractivity contribution is 6.64. The second kappa shape index (κ2) is 5.77. The number of carbonyl (C=O) groups is 1. The average molecular weight is 297 g/mol. The summed E-state index contributed by atoms with van der Waals surface area (Å²) in [6, 6.07) is 6.16. The van der Waals surface area contributed by atoms with Crippen LogP contribution in [0.1, 0.15) is 59.6 Å². The Kier molecular flexibility index (Phi) is 4.91. The van der Waals surface area contributed by atoms with E-state index in [2.05, 4.69) is 53.7 Å². The molecule has 0 aliphatic rings. The van der Waals surface area contributed by atoms with Crippen molar-refractivity contribution in [2.45, 2.75) is 65.4 Å². The number of halogens is 1. The third-order valence-corrected chi connectivity index (χ3v) is 3.58. The summed E-state index contributed by atoms with van der Waals surface area (Å²) in [5.74, 6) is 0.729. The molecular formula is C17H25ClO2. The molecule has 1 atom stereocenters. The Morgan fingerprint density at radius 3 is 2.05 bits per heavy atom. The average Bonchev–Trinajstić information content (AvgIpc) is 2.26. The number of ether oxygens (including phenoxy) is 1. The zero-order valence-corrected chi connectivity index (χ0v) is 14.3. The lowest BCUT2D eigenvalue weighted by atomic mass is 9.80. The highest BCUT2D eigenvalue weighted by atomic mass is 35.5. The van der Waals surface area contributed by atoms with Crippen LogP contribution in [-0.4, -0.2) is 11.3 Å². The lowest BCUT2D eigenvalue weighted by Crippen LogP contribution is -2.23. The second-order valence-corrected chi connectivity index (χ2v) is 7.65. The van der Waals surface area contributed by atoms with Crippen molar-refractivity contribution in [3.8, 4) is 5.75 Å². The van der Waals surface area contributed by atoms with Gasteiger partial charge in [0.2, 0.25) is 0 Å². The molecular weight excluding hydrogens is 272 g/mol. The zero-order chi connectivity index (χ0) is 15.7. The first kappa shape index (κ1) is 17.0. The standard InChI is InChI=1S/C17H25ClO2/c1-11(15(18)19)20-14-9-8-12(16(2,3)4)10-13(14)17(5,6)7/h8-11H,1-7H3. The van der Waals surface area contributed by atoms with Gasteiger partial charge in [-0.25, -0.2) is 0 Å². The molecule has 0 fully saturated rings. The summed E-state index contributed by atoms with van der Waals surface area (Å²) in [7, 11) is 0. The fraction of sp³-hybridized carbons (Fsp3) is 0.588. The molecule has 0 radical (unpaired) electrons. The molecule has 20 heavy (non-hydrogen) atoms. The molecule has 0 amide bonds. The normalized spacial score (nSPS) is 14.0. The van der Waals surface area contributed by atoms with E-state index < -0.39 is 11.3 Å². The van der Waals surface area contributed by atoms with Crippen molar-refractivity contribution in [2.75, 3.05) is 0 Å². The zero-order valence-electron chi connectivity index (χ0n) is 13.5. The third kappa shape index (κ3) is 4.24. The highest BCUT2D eigenvalue weighted by Gasteiger charge is 2.24. The lowest BCUT2D eigenvalue weighted by Gasteiger charge is -2.28. The van der Waals surface area contributed by atoms with Crippen LogP contribution in [0.3, 0.4) is 0 Å². The van der Waals surface area contributed by atoms with Crippen LogP contribution in [0.15, 0.2) is 18.2 Å². The van der Waals surface area contributed by atoms with Crippen LogP contribution in [0.4, 0.5) is 0 Å². The fourth-order valence-electron chi connectivity index (χ4n) is 1.92. The van der Waals surface area contributed by atoms with Crippen LogP contribution in [0, 0.1) is 0 Å². The van der Waals surface area contributed by atoms with Gasteiger partial charge in [-0.1, -0.05) is 53.7 Å². The minimum absolute atomic E-state index is 0.0638. The summed E-state index contributed by atoms with van der Waals surface area (Å²) in [6.45, 7) is 14.6. The van der Waals surface area contributed by atoms with Crippen LogP contribution >= 0.6 is 11.6 Å². The molecule has 0 heterocycles. The maximum absolute atomic E-state index is 11.2. The van der Waals surface area contributed by atoms with Gasteiger partial charge in [0.1, 0.15) is 5.75 Å². The van der Waals surface area contributed by atoms with Crippen molar-refractivity contribution >= 4 is 16.8 Å². The van der Waals surface area contributed by atoms with E-state index in [0.29, 0.717) is 0 Å². The number of rotatable bonds is 3. The van der Waals surface area contributed by atoms with Crippen molar-refractivity contribution in [3.63, 3.8) is 0 Å². The first-order valence-corrected chi connectivity index (χ1v) is 7.31. The van der Waals surface area contributed by atoms with Crippen LogP contribution in [0.5, 0.6) is 5.75 Å². The molecule has 0 bridgehead atoms. The molecule has 112 valence electrons. The molecule has 1 aromatic carbocycles. The summed E-state index contributed by atoms with van der Waals surface area (Å²) < 4.78 is 5.72. The number of carbonyl (C=O) groups excluding carboxylic acids is 1. The van der Waals surface area contributed by atoms with Crippen LogP contribution in [-0.2, 0) is 15.6 Å². The van der Waals surface area contributed by atoms with Crippen LogP contribution in [0.25, 0.3) is 0 Å². The van der Waals surface area contributed by atoms with Gasteiger partial charge >= 0.3 is 0 Å². The summed E-state index contributed by atoms with van der Waals surface area (Å²) in [4.78, 5) is 11.2. The maximum atomic E-state index is 11.2. The van der Waals surface area contributed by atoms with E-state index >= 15 is 0 Å². The molecule has 1 unspecified atom stereocenters. The van der Waals surface area contributed by atoms with Gasteiger partial charge in [0.25, 0.3) is 5.24 Å². The first-order chi connectivity index (χ1) is 8.93. The predicted octanol–water partition coefficient (Wildman–Crippen LogP) is 4.81. The Hall–Kier alpha value is -1.02. The van der Waals surface area contributed by atoms with Gasteiger partial charge in [0.05, 0.1) is 0 Å². The van der Waals surface area contributed by atoms with E-state index in [0.717, 1.165) is 11.3 Å². The van der Waals surface area contributed by atoms with E-state index in [1.54, 1.807) is 6.92 Å².